The number of aliphatic carboxylic acids is 1. The molecule has 0 aromatic heterocycles. The Balaban J connectivity index is 1.21. The Kier molecular flexibility index (Phi) is 11.9. The van der Waals surface area contributed by atoms with Gasteiger partial charge < -0.3 is 84.6 Å². The van der Waals surface area contributed by atoms with E-state index in [4.69, 9.17) is 28.4 Å². The average molecular weight is 805 g/mol. The molecule has 7 aliphatic rings. The van der Waals surface area contributed by atoms with Gasteiger partial charge in [0.05, 0.1) is 30.8 Å². The zero-order chi connectivity index (χ0) is 40.7. The Morgan fingerprint density at radius 3 is 1.75 bits per heavy atom. The molecule has 0 aromatic carbocycles. The highest BCUT2D eigenvalue weighted by atomic mass is 16.8. The first-order valence-electron chi connectivity index (χ1n) is 19.9. The van der Waals surface area contributed by atoms with Gasteiger partial charge in [-0.3, -0.25) is 4.79 Å². The zero-order valence-electron chi connectivity index (χ0n) is 31.8. The van der Waals surface area contributed by atoms with E-state index in [9.17, 15) is 61.0 Å². The van der Waals surface area contributed by atoms with Crippen molar-refractivity contribution < 1.29 is 89.4 Å². The molecule has 1 spiro atoms. The molecule has 0 unspecified atom stereocenters. The number of carboxylic acid groups (broad SMARTS) is 1. The molecule has 11 N–H and O–H groups in total. The van der Waals surface area contributed by atoms with Gasteiger partial charge in [-0.15, -0.1) is 0 Å². The fraction of sp³-hybridized carbons (Fsp3) is 0.921. The minimum absolute atomic E-state index is 0.00993. The van der Waals surface area contributed by atoms with E-state index in [1.54, 1.807) is 0 Å². The largest absolute Gasteiger partial charge is 0.481 e. The van der Waals surface area contributed by atoms with E-state index in [2.05, 4.69) is 13.5 Å². The van der Waals surface area contributed by atoms with Crippen molar-refractivity contribution in [2.45, 2.75) is 169 Å². The minimum Gasteiger partial charge on any atom is -0.481 e. The predicted octanol–water partition coefficient (Wildman–Crippen LogP) is -2.37. The van der Waals surface area contributed by atoms with Crippen molar-refractivity contribution in [3.63, 3.8) is 0 Å². The predicted molar refractivity (Wildman–Crippen MR) is 187 cm³/mol. The summed E-state index contributed by atoms with van der Waals surface area (Å²) in [5.74, 6) is -0.606. The Hall–Kier alpha value is -1.43. The monoisotopic (exact) mass is 804 g/mol. The van der Waals surface area contributed by atoms with Gasteiger partial charge in [-0.1, -0.05) is 19.9 Å². The molecule has 0 amide bonds. The summed E-state index contributed by atoms with van der Waals surface area (Å²) < 4.78 is 36.7. The van der Waals surface area contributed by atoms with Crippen LogP contribution in [-0.2, 0) is 33.2 Å². The summed E-state index contributed by atoms with van der Waals surface area (Å²) in [5.41, 5.74) is -1.63. The summed E-state index contributed by atoms with van der Waals surface area (Å²) in [6.07, 6.45) is -19.3. The van der Waals surface area contributed by atoms with Crippen molar-refractivity contribution in [3.05, 3.63) is 12.2 Å². The first-order chi connectivity index (χ1) is 26.4. The van der Waals surface area contributed by atoms with Crippen LogP contribution in [0, 0.1) is 28.1 Å². The molecule has 56 heavy (non-hydrogen) atoms. The van der Waals surface area contributed by atoms with Crippen LogP contribution in [0.2, 0.25) is 0 Å². The molecule has 7 rings (SSSR count). The van der Waals surface area contributed by atoms with E-state index in [1.807, 2.05) is 6.92 Å². The Morgan fingerprint density at radius 1 is 0.679 bits per heavy atom. The SMILES string of the molecule is C=C1C[C@]23CC[C@@H]4[C@](C)(CCC[C@@]4(C)C(=O)O)[C@H]2CC[C@@]1(O[C@@H]1O[C@H](CO)[C@@H](O)[C@H](O[C@@H]2O[C@H](CO)[C@@H](O)[C@H](O)[C@H]2O)[C@H]1O[C@@H]1O[C@H](CO)[C@@H](O)[C@H](O)[C@H]1O)C3. The second-order valence-corrected chi connectivity index (χ2v) is 18.0. The molecular weight excluding hydrogens is 744 g/mol. The van der Waals surface area contributed by atoms with Crippen molar-refractivity contribution in [1.82, 2.24) is 0 Å². The van der Waals surface area contributed by atoms with Gasteiger partial charge in [-0.2, -0.15) is 0 Å². The van der Waals surface area contributed by atoms with Crippen molar-refractivity contribution in [3.8, 4) is 0 Å². The van der Waals surface area contributed by atoms with Crippen molar-refractivity contribution in [2.24, 2.45) is 28.1 Å². The van der Waals surface area contributed by atoms with Crippen LogP contribution in [-0.4, -0.2) is 180 Å². The fourth-order valence-corrected chi connectivity index (χ4v) is 12.1. The molecule has 4 aliphatic carbocycles. The normalized spacial score (nSPS) is 54.6. The quantitative estimate of drug-likeness (QED) is 0.0812. The lowest BCUT2D eigenvalue weighted by Crippen LogP contribution is -2.68. The average Bonchev–Trinajstić information content (AvgIpc) is 3.36. The summed E-state index contributed by atoms with van der Waals surface area (Å²) in [6, 6.07) is 0. The lowest BCUT2D eigenvalue weighted by molar-refractivity contribution is -0.400. The van der Waals surface area contributed by atoms with Crippen LogP contribution < -0.4 is 0 Å². The maximum atomic E-state index is 12.7. The summed E-state index contributed by atoms with van der Waals surface area (Å²) in [5, 5.41) is 116. The van der Waals surface area contributed by atoms with Gasteiger partial charge in [0.25, 0.3) is 0 Å². The molecule has 21 atom stereocenters. The van der Waals surface area contributed by atoms with E-state index < -0.39 is 129 Å². The number of rotatable bonds is 10. The van der Waals surface area contributed by atoms with Gasteiger partial charge in [0, 0.05) is 0 Å². The standard InChI is InChI=1S/C38H60O18/c1-16-11-37-9-5-20-35(2,7-4-8-36(20,3)34(49)50)21(37)6-10-38(16,15-37)56-33-30(55-32-28(48)26(46)23(43)18(13-40)52-32)29(24(44)19(14-41)53-33)54-31-27(47)25(45)22(42)17(12-39)51-31/h17-33,39-48H,1,4-15H2,2-3H3,(H,49,50)/t17-,18-,19-,20-,21-,22-,23-,24-,25+,26+,27-,28-,29+,30-,31+,32+,33+,35+,36-,37+,38-/m1/s1. The van der Waals surface area contributed by atoms with E-state index in [-0.39, 0.29) is 22.7 Å². The Bertz CT molecular complexity index is 1450. The molecule has 18 heteroatoms. The molecule has 3 aliphatic heterocycles. The smallest absolute Gasteiger partial charge is 0.309 e. The van der Waals surface area contributed by atoms with Gasteiger partial charge in [0.15, 0.2) is 18.9 Å². The molecule has 2 bridgehead atoms. The van der Waals surface area contributed by atoms with E-state index in [1.165, 1.54) is 0 Å². The molecule has 18 nitrogen and oxygen atoms in total. The van der Waals surface area contributed by atoms with Gasteiger partial charge in [-0.25, -0.2) is 0 Å². The first-order valence-corrected chi connectivity index (χ1v) is 19.9. The minimum atomic E-state index is -1.91. The number of aliphatic hydroxyl groups excluding tert-OH is 10. The van der Waals surface area contributed by atoms with Gasteiger partial charge in [0.2, 0.25) is 0 Å². The third-order valence-electron chi connectivity index (χ3n) is 15.0. The second-order valence-electron chi connectivity index (χ2n) is 18.0. The second kappa shape index (κ2) is 15.6. The number of aliphatic hydroxyl groups is 10. The van der Waals surface area contributed by atoms with Crippen molar-refractivity contribution in [1.29, 1.82) is 0 Å². The molecule has 3 saturated heterocycles. The number of ether oxygens (including phenoxy) is 6. The Labute approximate surface area is 324 Å². The molecule has 7 fully saturated rings. The van der Waals surface area contributed by atoms with Crippen molar-refractivity contribution >= 4 is 5.97 Å². The number of hydrogen-bond acceptors (Lipinski definition) is 17. The van der Waals surface area contributed by atoms with Crippen LogP contribution in [0.3, 0.4) is 0 Å². The van der Waals surface area contributed by atoms with E-state index >= 15 is 0 Å². The third-order valence-corrected chi connectivity index (χ3v) is 15.0. The number of fused-ring (bicyclic) bond motifs is 3. The third kappa shape index (κ3) is 6.69. The summed E-state index contributed by atoms with van der Waals surface area (Å²) in [6.45, 7) is 6.28. The zero-order valence-corrected chi connectivity index (χ0v) is 31.8. The fourth-order valence-electron chi connectivity index (χ4n) is 12.1. The molecule has 320 valence electrons. The lowest BCUT2D eigenvalue weighted by atomic mass is 9.41. The highest BCUT2D eigenvalue weighted by Gasteiger charge is 2.69. The van der Waals surface area contributed by atoms with Crippen LogP contribution in [0.25, 0.3) is 0 Å². The van der Waals surface area contributed by atoms with Crippen LogP contribution in [0.15, 0.2) is 12.2 Å². The van der Waals surface area contributed by atoms with E-state index in [0.717, 1.165) is 31.3 Å². The maximum Gasteiger partial charge on any atom is 0.309 e. The van der Waals surface area contributed by atoms with Gasteiger partial charge >= 0.3 is 5.97 Å². The number of hydrogen-bond donors (Lipinski definition) is 11. The maximum absolute atomic E-state index is 12.7. The summed E-state index contributed by atoms with van der Waals surface area (Å²) in [4.78, 5) is 12.7. The molecule has 0 aromatic rings. The highest BCUT2D eigenvalue weighted by molar-refractivity contribution is 5.75. The van der Waals surface area contributed by atoms with Gasteiger partial charge in [0.1, 0.15) is 73.2 Å². The highest BCUT2D eigenvalue weighted by Crippen LogP contribution is 2.73. The summed E-state index contributed by atoms with van der Waals surface area (Å²) >= 11 is 0. The van der Waals surface area contributed by atoms with Gasteiger partial charge in [-0.05, 0) is 86.5 Å². The first kappa shape index (κ1) is 42.7. The van der Waals surface area contributed by atoms with Crippen molar-refractivity contribution in [2.75, 3.05) is 19.8 Å². The van der Waals surface area contributed by atoms with Crippen LogP contribution >= 0.6 is 0 Å². The van der Waals surface area contributed by atoms with E-state index in [0.29, 0.717) is 32.1 Å². The molecule has 4 saturated carbocycles. The Morgan fingerprint density at radius 2 is 1.20 bits per heavy atom. The number of carboxylic acids is 1. The number of carbonyl (C=O) groups is 1. The summed E-state index contributed by atoms with van der Waals surface area (Å²) in [7, 11) is 0. The topological polar surface area (TPSA) is 295 Å². The molecule has 3 heterocycles. The van der Waals surface area contributed by atoms with Crippen LogP contribution in [0.1, 0.15) is 71.6 Å². The molecular formula is C38H60O18. The van der Waals surface area contributed by atoms with Crippen LogP contribution in [0.5, 0.6) is 0 Å². The van der Waals surface area contributed by atoms with Crippen LogP contribution in [0.4, 0.5) is 0 Å². The molecule has 0 radical (unpaired) electrons. The lowest BCUT2D eigenvalue weighted by Gasteiger charge is -2.64.